The van der Waals surface area contributed by atoms with Gasteiger partial charge in [0.25, 0.3) is 0 Å². The number of carbonyl (C=O) groups is 3. The second-order valence-electron chi connectivity index (χ2n) is 12.0. The average molecular weight is 653 g/mol. The van der Waals surface area contributed by atoms with Crippen molar-refractivity contribution >= 4 is 29.0 Å². The van der Waals surface area contributed by atoms with Crippen LogP contribution < -0.4 is 29.6 Å². The van der Waals surface area contributed by atoms with Gasteiger partial charge in [-0.25, -0.2) is 0 Å². The molecule has 0 spiro atoms. The number of aryl methyl sites for hydroxylation is 1. The summed E-state index contributed by atoms with van der Waals surface area (Å²) in [6.07, 6.45) is -0.424. The molecule has 48 heavy (non-hydrogen) atoms. The Morgan fingerprint density at radius 2 is 1.33 bits per heavy atom. The minimum atomic E-state index is -1.82. The van der Waals surface area contributed by atoms with Crippen LogP contribution >= 0.6 is 0 Å². The Morgan fingerprint density at radius 1 is 0.771 bits per heavy atom. The second kappa shape index (κ2) is 14.6. The predicted molar refractivity (Wildman–Crippen MR) is 182 cm³/mol. The normalized spacial score (nSPS) is 20.4. The minimum absolute atomic E-state index is 0.278. The lowest BCUT2D eigenvalue weighted by Crippen LogP contribution is -2.56. The first kappa shape index (κ1) is 34.0. The average Bonchev–Trinajstić information content (AvgIpc) is 3.07. The van der Waals surface area contributed by atoms with Gasteiger partial charge in [-0.05, 0) is 61.4 Å². The number of anilines is 2. The van der Waals surface area contributed by atoms with Gasteiger partial charge in [0.2, 0.25) is 11.8 Å². The molecule has 4 aromatic carbocycles. The molecule has 250 valence electrons. The monoisotopic (exact) mass is 652 g/mol. The van der Waals surface area contributed by atoms with E-state index >= 15 is 0 Å². The van der Waals surface area contributed by atoms with Crippen molar-refractivity contribution in [3.8, 4) is 23.0 Å². The molecule has 1 saturated carbocycles. The summed E-state index contributed by atoms with van der Waals surface area (Å²) >= 11 is 0. The number of hydrogen-bond donors (Lipinski definition) is 3. The molecule has 0 heterocycles. The van der Waals surface area contributed by atoms with Crippen molar-refractivity contribution < 1.29 is 38.4 Å². The number of aliphatic hydroxyl groups is 1. The Morgan fingerprint density at radius 3 is 1.92 bits per heavy atom. The van der Waals surface area contributed by atoms with Crippen LogP contribution in [0.3, 0.4) is 0 Å². The summed E-state index contributed by atoms with van der Waals surface area (Å²) in [5.74, 6) is -3.87. The summed E-state index contributed by atoms with van der Waals surface area (Å²) in [6.45, 7) is 3.73. The highest BCUT2D eigenvalue weighted by Gasteiger charge is 2.56. The van der Waals surface area contributed by atoms with Crippen molar-refractivity contribution in [2.24, 2.45) is 11.8 Å². The van der Waals surface area contributed by atoms with E-state index in [2.05, 4.69) is 10.6 Å². The first-order valence-electron chi connectivity index (χ1n) is 15.6. The lowest BCUT2D eigenvalue weighted by molar-refractivity contribution is -0.150. The van der Waals surface area contributed by atoms with Gasteiger partial charge >= 0.3 is 0 Å². The summed E-state index contributed by atoms with van der Waals surface area (Å²) in [6, 6.07) is 26.7. The predicted octanol–water partition coefficient (Wildman–Crippen LogP) is 5.92. The minimum Gasteiger partial charge on any atom is -0.495 e. The number of hydrogen-bond acceptors (Lipinski definition) is 8. The summed E-state index contributed by atoms with van der Waals surface area (Å²) in [5.41, 5.74) is 1.45. The molecule has 4 unspecified atom stereocenters. The number of Topliss-reactive ketones (excluding diaryl/α,β-unsaturated/α-hetero) is 1. The van der Waals surface area contributed by atoms with Crippen molar-refractivity contribution in [3.63, 3.8) is 0 Å². The van der Waals surface area contributed by atoms with Crippen LogP contribution in [-0.2, 0) is 21.0 Å². The highest BCUT2D eigenvalue weighted by Crippen LogP contribution is 2.48. The van der Waals surface area contributed by atoms with E-state index in [-0.39, 0.29) is 6.61 Å². The highest BCUT2D eigenvalue weighted by molar-refractivity contribution is 6.11. The molecule has 4 atom stereocenters. The molecule has 0 aromatic heterocycles. The second-order valence-corrected chi connectivity index (χ2v) is 12.0. The summed E-state index contributed by atoms with van der Waals surface area (Å²) in [4.78, 5) is 42.2. The summed E-state index contributed by atoms with van der Waals surface area (Å²) in [5, 5.41) is 17.5. The number of ketones is 1. The van der Waals surface area contributed by atoms with E-state index in [1.165, 1.54) is 28.3 Å². The molecule has 0 saturated heterocycles. The Hall–Kier alpha value is -5.35. The van der Waals surface area contributed by atoms with Crippen LogP contribution in [0.5, 0.6) is 23.0 Å². The zero-order valence-electron chi connectivity index (χ0n) is 27.6. The molecule has 5 rings (SSSR count). The number of para-hydroxylation sites is 4. The standard InChI is InChI=1S/C38H40N2O8/c1-23-14-16-24(17-15-23)22-48-31-19-18-25(20-32(31)47-5)33-34(36(42)39-26-10-6-8-12-29(26)45-3)28(41)21-38(2,44)35(33)37(43)40-27-11-7-9-13-30(27)46-4/h6-20,33-35,44H,21-22H2,1-5H3,(H,39,42)(H,40,43). The lowest BCUT2D eigenvalue weighted by Gasteiger charge is -2.44. The third-order valence-corrected chi connectivity index (χ3v) is 8.65. The van der Waals surface area contributed by atoms with Crippen LogP contribution in [0.2, 0.25) is 0 Å². The van der Waals surface area contributed by atoms with Crippen LogP contribution in [0.1, 0.15) is 36.0 Å². The molecule has 1 aliphatic rings. The topological polar surface area (TPSA) is 132 Å². The van der Waals surface area contributed by atoms with E-state index in [4.69, 9.17) is 18.9 Å². The number of rotatable bonds is 11. The number of carbonyl (C=O) groups excluding carboxylic acids is 3. The third kappa shape index (κ3) is 7.29. The molecular formula is C38H40N2O8. The van der Waals surface area contributed by atoms with E-state index in [0.29, 0.717) is 39.9 Å². The molecule has 10 heteroatoms. The van der Waals surface area contributed by atoms with Gasteiger partial charge in [-0.2, -0.15) is 0 Å². The molecule has 1 fully saturated rings. The fourth-order valence-corrected chi connectivity index (χ4v) is 6.26. The first-order chi connectivity index (χ1) is 23.1. The Labute approximate surface area is 280 Å². The van der Waals surface area contributed by atoms with Crippen LogP contribution in [0.15, 0.2) is 91.0 Å². The van der Waals surface area contributed by atoms with E-state index in [1.54, 1.807) is 66.7 Å². The van der Waals surface area contributed by atoms with Gasteiger partial charge in [0, 0.05) is 12.3 Å². The number of methoxy groups -OCH3 is 3. The number of amides is 2. The van der Waals surface area contributed by atoms with Crippen molar-refractivity contribution in [2.75, 3.05) is 32.0 Å². The number of ether oxygens (including phenoxy) is 4. The quantitative estimate of drug-likeness (QED) is 0.170. The first-order valence-corrected chi connectivity index (χ1v) is 15.6. The fourth-order valence-electron chi connectivity index (χ4n) is 6.26. The molecule has 1 aliphatic carbocycles. The van der Waals surface area contributed by atoms with Crippen molar-refractivity contribution in [1.82, 2.24) is 0 Å². The van der Waals surface area contributed by atoms with Crippen molar-refractivity contribution in [1.29, 1.82) is 0 Å². The van der Waals surface area contributed by atoms with E-state index < -0.39 is 47.4 Å². The molecule has 0 aliphatic heterocycles. The van der Waals surface area contributed by atoms with Crippen LogP contribution in [0.25, 0.3) is 0 Å². The van der Waals surface area contributed by atoms with Gasteiger partial charge in [0.15, 0.2) is 11.5 Å². The van der Waals surface area contributed by atoms with Gasteiger partial charge < -0.3 is 34.7 Å². The maximum absolute atomic E-state index is 14.2. The van der Waals surface area contributed by atoms with Gasteiger partial charge in [-0.3, -0.25) is 14.4 Å². The van der Waals surface area contributed by atoms with E-state index in [9.17, 15) is 19.5 Å². The van der Waals surface area contributed by atoms with Crippen molar-refractivity contribution in [3.05, 3.63) is 108 Å². The largest absolute Gasteiger partial charge is 0.495 e. The van der Waals surface area contributed by atoms with Crippen LogP contribution in [0.4, 0.5) is 11.4 Å². The summed E-state index contributed by atoms with van der Waals surface area (Å²) < 4.78 is 22.6. The number of nitrogens with one attached hydrogen (secondary N) is 2. The zero-order valence-corrected chi connectivity index (χ0v) is 27.6. The molecule has 4 aromatic rings. The lowest BCUT2D eigenvalue weighted by atomic mass is 9.61. The molecule has 10 nitrogen and oxygen atoms in total. The highest BCUT2D eigenvalue weighted by atomic mass is 16.5. The maximum atomic E-state index is 14.2. The fraction of sp³-hybridized carbons (Fsp3) is 0.289. The molecular weight excluding hydrogens is 612 g/mol. The van der Waals surface area contributed by atoms with E-state index in [0.717, 1.165) is 11.1 Å². The van der Waals surface area contributed by atoms with Crippen molar-refractivity contribution in [2.45, 2.75) is 38.4 Å². The number of benzene rings is 4. The zero-order chi connectivity index (χ0) is 34.4. The third-order valence-electron chi connectivity index (χ3n) is 8.65. The smallest absolute Gasteiger partial charge is 0.235 e. The molecule has 2 amide bonds. The Bertz CT molecular complexity index is 1790. The maximum Gasteiger partial charge on any atom is 0.235 e. The Kier molecular flexibility index (Phi) is 10.3. The molecule has 0 radical (unpaired) electrons. The van der Waals surface area contributed by atoms with Gasteiger partial charge in [0.1, 0.15) is 29.8 Å². The Balaban J connectivity index is 1.57. The van der Waals surface area contributed by atoms with Crippen LogP contribution in [0, 0.1) is 18.8 Å². The molecule has 3 N–H and O–H groups in total. The SMILES string of the molecule is COc1ccccc1NC(=O)C1C(=O)CC(C)(O)C(C(=O)Nc2ccccc2OC)C1c1ccc(OCc2ccc(C)cc2)c(OC)c1. The van der Waals surface area contributed by atoms with Gasteiger partial charge in [-0.1, -0.05) is 60.2 Å². The van der Waals surface area contributed by atoms with E-state index in [1.807, 2.05) is 31.2 Å². The van der Waals surface area contributed by atoms with Gasteiger partial charge in [0.05, 0.1) is 44.2 Å². The van der Waals surface area contributed by atoms with Gasteiger partial charge in [-0.15, -0.1) is 0 Å². The van der Waals surface area contributed by atoms with Crippen LogP contribution in [-0.4, -0.2) is 49.6 Å². The summed E-state index contributed by atoms with van der Waals surface area (Å²) in [7, 11) is 4.44. The molecule has 0 bridgehead atoms.